The molecule has 0 spiro atoms. The highest BCUT2D eigenvalue weighted by atomic mass is 15.3. The van der Waals surface area contributed by atoms with Crippen LogP contribution in [0.15, 0.2) is 41.9 Å². The highest BCUT2D eigenvalue weighted by Gasteiger charge is 2.14. The largest absolute Gasteiger partial charge is 0.370 e. The molecule has 6 nitrogen and oxygen atoms in total. The molecule has 116 valence electrons. The lowest BCUT2D eigenvalue weighted by atomic mass is 10.1. The number of aromatic nitrogens is 3. The molecular formula is C16H22N6. The molecule has 0 amide bonds. The Labute approximate surface area is 130 Å². The van der Waals surface area contributed by atoms with E-state index in [2.05, 4.69) is 32.5 Å². The molecule has 3 rings (SSSR count). The lowest BCUT2D eigenvalue weighted by Crippen LogP contribution is -2.38. The molecule has 22 heavy (non-hydrogen) atoms. The predicted molar refractivity (Wildman–Crippen MR) is 86.3 cm³/mol. The third kappa shape index (κ3) is 3.84. The Morgan fingerprint density at radius 2 is 2.05 bits per heavy atom. The standard InChI is InChI=1S/C16H22N6/c17-16(21-15-7-3-4-8-15)19-9-13-5-1-2-6-14(13)10-22-12-18-11-20-22/h1-2,5-6,11-12,15H,3-4,7-10H2,(H3,17,19,21). The van der Waals surface area contributed by atoms with Gasteiger partial charge >= 0.3 is 0 Å². The number of benzene rings is 1. The van der Waals surface area contributed by atoms with Gasteiger partial charge < -0.3 is 11.1 Å². The number of nitrogens with two attached hydrogens (primary N) is 1. The van der Waals surface area contributed by atoms with E-state index in [0.29, 0.717) is 25.1 Å². The van der Waals surface area contributed by atoms with Crippen LogP contribution in [0.1, 0.15) is 36.8 Å². The number of guanidine groups is 1. The molecule has 1 aromatic carbocycles. The van der Waals surface area contributed by atoms with Gasteiger partial charge in [-0.15, -0.1) is 0 Å². The van der Waals surface area contributed by atoms with Gasteiger partial charge in [-0.3, -0.25) is 0 Å². The second-order valence-corrected chi connectivity index (χ2v) is 5.69. The number of nitrogens with one attached hydrogen (secondary N) is 1. The molecule has 3 N–H and O–H groups in total. The van der Waals surface area contributed by atoms with Crippen molar-refractivity contribution in [3.05, 3.63) is 48.0 Å². The lowest BCUT2D eigenvalue weighted by molar-refractivity contribution is 0.625. The van der Waals surface area contributed by atoms with Crippen LogP contribution >= 0.6 is 0 Å². The van der Waals surface area contributed by atoms with Crippen molar-refractivity contribution in [1.29, 1.82) is 0 Å². The van der Waals surface area contributed by atoms with Gasteiger partial charge in [0, 0.05) is 6.04 Å². The quantitative estimate of drug-likeness (QED) is 0.650. The zero-order chi connectivity index (χ0) is 15.2. The van der Waals surface area contributed by atoms with Crippen LogP contribution < -0.4 is 11.1 Å². The van der Waals surface area contributed by atoms with E-state index >= 15 is 0 Å². The zero-order valence-corrected chi connectivity index (χ0v) is 12.7. The first kappa shape index (κ1) is 14.6. The summed E-state index contributed by atoms with van der Waals surface area (Å²) in [4.78, 5) is 8.46. The third-order valence-electron chi connectivity index (χ3n) is 4.04. The average molecular weight is 298 g/mol. The summed E-state index contributed by atoms with van der Waals surface area (Å²) in [5.41, 5.74) is 8.35. The van der Waals surface area contributed by atoms with Crippen LogP contribution in [0, 0.1) is 0 Å². The molecule has 1 aromatic heterocycles. The Morgan fingerprint density at radius 1 is 1.27 bits per heavy atom. The van der Waals surface area contributed by atoms with Gasteiger partial charge in [0.05, 0.1) is 13.1 Å². The van der Waals surface area contributed by atoms with E-state index in [1.54, 1.807) is 12.7 Å². The predicted octanol–water partition coefficient (Wildman–Crippen LogP) is 1.67. The van der Waals surface area contributed by atoms with Crippen LogP contribution in [-0.4, -0.2) is 26.8 Å². The Kier molecular flexibility index (Phi) is 4.68. The Balaban J connectivity index is 1.64. The molecule has 1 aliphatic rings. The molecule has 1 saturated carbocycles. The van der Waals surface area contributed by atoms with Crippen molar-refractivity contribution in [2.45, 2.75) is 44.8 Å². The van der Waals surface area contributed by atoms with E-state index in [0.717, 1.165) is 5.56 Å². The van der Waals surface area contributed by atoms with E-state index in [1.165, 1.54) is 31.2 Å². The Hall–Kier alpha value is -2.37. The normalized spacial score (nSPS) is 16.1. The minimum absolute atomic E-state index is 0.495. The maximum absolute atomic E-state index is 6.00. The van der Waals surface area contributed by atoms with Crippen molar-refractivity contribution in [2.75, 3.05) is 0 Å². The third-order valence-corrected chi connectivity index (χ3v) is 4.04. The van der Waals surface area contributed by atoms with E-state index in [4.69, 9.17) is 5.73 Å². The van der Waals surface area contributed by atoms with E-state index in [-0.39, 0.29) is 0 Å². The van der Waals surface area contributed by atoms with Gasteiger partial charge in [0.15, 0.2) is 5.96 Å². The van der Waals surface area contributed by atoms with Gasteiger partial charge in [0.25, 0.3) is 0 Å². The summed E-state index contributed by atoms with van der Waals surface area (Å²) >= 11 is 0. The molecular weight excluding hydrogens is 276 g/mol. The lowest BCUT2D eigenvalue weighted by Gasteiger charge is -2.13. The first-order chi connectivity index (χ1) is 10.8. The molecule has 0 bridgehead atoms. The van der Waals surface area contributed by atoms with Crippen molar-refractivity contribution < 1.29 is 0 Å². The van der Waals surface area contributed by atoms with Crippen LogP contribution in [0.3, 0.4) is 0 Å². The van der Waals surface area contributed by atoms with Gasteiger partial charge in [-0.25, -0.2) is 14.7 Å². The molecule has 0 saturated heterocycles. The van der Waals surface area contributed by atoms with Crippen LogP contribution in [0.2, 0.25) is 0 Å². The highest BCUT2D eigenvalue weighted by molar-refractivity contribution is 5.78. The zero-order valence-electron chi connectivity index (χ0n) is 12.7. The SMILES string of the molecule is NC(=NCc1ccccc1Cn1cncn1)NC1CCCC1. The number of rotatable bonds is 5. The molecule has 0 atom stereocenters. The minimum Gasteiger partial charge on any atom is -0.370 e. The van der Waals surface area contributed by atoms with Crippen LogP contribution in [-0.2, 0) is 13.1 Å². The summed E-state index contributed by atoms with van der Waals surface area (Å²) in [5.74, 6) is 0.544. The molecule has 6 heteroatoms. The van der Waals surface area contributed by atoms with E-state index in [1.807, 2.05) is 16.8 Å². The molecule has 1 heterocycles. The smallest absolute Gasteiger partial charge is 0.189 e. The fourth-order valence-corrected chi connectivity index (χ4v) is 2.85. The van der Waals surface area contributed by atoms with Gasteiger partial charge in [-0.05, 0) is 24.0 Å². The molecule has 0 radical (unpaired) electrons. The maximum Gasteiger partial charge on any atom is 0.189 e. The summed E-state index contributed by atoms with van der Waals surface area (Å²) < 4.78 is 1.81. The second-order valence-electron chi connectivity index (χ2n) is 5.69. The van der Waals surface area contributed by atoms with Gasteiger partial charge in [0.2, 0.25) is 0 Å². The van der Waals surface area contributed by atoms with Crippen molar-refractivity contribution >= 4 is 5.96 Å². The molecule has 1 aliphatic carbocycles. The fraction of sp³-hybridized carbons (Fsp3) is 0.438. The Morgan fingerprint density at radius 3 is 2.77 bits per heavy atom. The van der Waals surface area contributed by atoms with Crippen LogP contribution in [0.4, 0.5) is 0 Å². The highest BCUT2D eigenvalue weighted by Crippen LogP contribution is 2.17. The van der Waals surface area contributed by atoms with Crippen molar-refractivity contribution in [3.8, 4) is 0 Å². The first-order valence-electron chi connectivity index (χ1n) is 7.77. The number of aliphatic imine (C=N–C) groups is 1. The molecule has 2 aromatic rings. The van der Waals surface area contributed by atoms with Crippen molar-refractivity contribution in [3.63, 3.8) is 0 Å². The van der Waals surface area contributed by atoms with E-state index < -0.39 is 0 Å². The second kappa shape index (κ2) is 7.06. The Bertz CT molecular complexity index is 613. The van der Waals surface area contributed by atoms with E-state index in [9.17, 15) is 0 Å². The topological polar surface area (TPSA) is 81.1 Å². The van der Waals surface area contributed by atoms with Crippen molar-refractivity contribution in [1.82, 2.24) is 20.1 Å². The number of hydrogen-bond acceptors (Lipinski definition) is 3. The number of nitrogens with zero attached hydrogens (tertiary/aromatic N) is 4. The summed E-state index contributed by atoms with van der Waals surface area (Å²) in [7, 11) is 0. The van der Waals surface area contributed by atoms with Gasteiger partial charge in [0.1, 0.15) is 12.7 Å². The molecule has 1 fully saturated rings. The summed E-state index contributed by atoms with van der Waals surface area (Å²) in [5, 5.41) is 7.46. The van der Waals surface area contributed by atoms with Crippen LogP contribution in [0.5, 0.6) is 0 Å². The van der Waals surface area contributed by atoms with Crippen molar-refractivity contribution in [2.24, 2.45) is 10.7 Å². The molecule has 0 aliphatic heterocycles. The fourth-order valence-electron chi connectivity index (χ4n) is 2.85. The van der Waals surface area contributed by atoms with Gasteiger partial charge in [-0.1, -0.05) is 37.1 Å². The minimum atomic E-state index is 0.495. The monoisotopic (exact) mass is 298 g/mol. The molecule has 0 unspecified atom stereocenters. The number of hydrogen-bond donors (Lipinski definition) is 2. The summed E-state index contributed by atoms with van der Waals surface area (Å²) in [6.07, 6.45) is 8.22. The van der Waals surface area contributed by atoms with Gasteiger partial charge in [-0.2, -0.15) is 5.10 Å². The summed E-state index contributed by atoms with van der Waals surface area (Å²) in [6, 6.07) is 8.72. The van der Waals surface area contributed by atoms with Crippen LogP contribution in [0.25, 0.3) is 0 Å². The first-order valence-corrected chi connectivity index (χ1v) is 7.77. The average Bonchev–Trinajstić information content (AvgIpc) is 3.20. The summed E-state index contributed by atoms with van der Waals surface area (Å²) in [6.45, 7) is 1.28. The maximum atomic E-state index is 6.00.